The Balaban J connectivity index is 2.29. The summed E-state index contributed by atoms with van der Waals surface area (Å²) in [6.07, 6.45) is 1.92. The van der Waals surface area contributed by atoms with Crippen LogP contribution in [0.4, 0.5) is 0 Å². The molecule has 1 heterocycles. The zero-order valence-electron chi connectivity index (χ0n) is 12.5. The summed E-state index contributed by atoms with van der Waals surface area (Å²) in [7, 11) is 0. The third-order valence-corrected chi connectivity index (χ3v) is 3.86. The molecule has 2 rings (SSSR count). The van der Waals surface area contributed by atoms with Gasteiger partial charge in [0.05, 0.1) is 12.6 Å². The van der Waals surface area contributed by atoms with Gasteiger partial charge in [0.1, 0.15) is 5.75 Å². The smallest absolute Gasteiger partial charge is 0.234 e. The zero-order valence-corrected chi connectivity index (χ0v) is 12.5. The number of aryl methyl sites for hydroxylation is 1. The molecular weight excluding hydrogens is 252 g/mol. The molecule has 2 atom stereocenters. The molecule has 0 aromatic heterocycles. The fraction of sp³-hybridized carbons (Fsp3) is 0.562. The third kappa shape index (κ3) is 3.12. The number of ether oxygens (including phenoxy) is 1. The molecule has 1 aromatic rings. The molecule has 0 saturated heterocycles. The van der Waals surface area contributed by atoms with Crippen molar-refractivity contribution in [1.82, 2.24) is 5.32 Å². The number of primary amides is 1. The summed E-state index contributed by atoms with van der Waals surface area (Å²) in [6, 6.07) is 5.96. The summed E-state index contributed by atoms with van der Waals surface area (Å²) < 4.78 is 5.86. The molecule has 110 valence electrons. The van der Waals surface area contributed by atoms with Crippen molar-refractivity contribution in [3.63, 3.8) is 0 Å². The van der Waals surface area contributed by atoms with Gasteiger partial charge in [0.25, 0.3) is 0 Å². The first-order valence-electron chi connectivity index (χ1n) is 7.28. The lowest BCUT2D eigenvalue weighted by molar-refractivity contribution is -0.121. The Bertz CT molecular complexity index is 485. The Kier molecular flexibility index (Phi) is 4.65. The van der Waals surface area contributed by atoms with E-state index in [0.717, 1.165) is 36.3 Å². The Hall–Kier alpha value is -1.55. The molecule has 3 N–H and O–H groups in total. The minimum Gasteiger partial charge on any atom is -0.493 e. The van der Waals surface area contributed by atoms with Crippen LogP contribution >= 0.6 is 0 Å². The predicted molar refractivity (Wildman–Crippen MR) is 79.6 cm³/mol. The monoisotopic (exact) mass is 276 g/mol. The number of amides is 1. The summed E-state index contributed by atoms with van der Waals surface area (Å²) in [4.78, 5) is 11.6. The van der Waals surface area contributed by atoms with Crippen LogP contribution in [0, 0.1) is 12.8 Å². The summed E-state index contributed by atoms with van der Waals surface area (Å²) in [5.41, 5.74) is 7.78. The largest absolute Gasteiger partial charge is 0.493 e. The first-order valence-corrected chi connectivity index (χ1v) is 7.28. The molecule has 0 saturated carbocycles. The lowest BCUT2D eigenvalue weighted by atomic mass is 9.96. The zero-order chi connectivity index (χ0) is 14.7. The van der Waals surface area contributed by atoms with E-state index in [1.807, 2.05) is 19.9 Å². The second-order valence-electron chi connectivity index (χ2n) is 5.83. The summed E-state index contributed by atoms with van der Waals surface area (Å²) in [5, 5.41) is 3.42. The van der Waals surface area contributed by atoms with Crippen molar-refractivity contribution in [2.24, 2.45) is 11.7 Å². The molecule has 1 amide bonds. The summed E-state index contributed by atoms with van der Waals surface area (Å²) in [6.45, 7) is 6.79. The second kappa shape index (κ2) is 6.27. The van der Waals surface area contributed by atoms with Crippen molar-refractivity contribution in [2.75, 3.05) is 6.61 Å². The minimum atomic E-state index is -0.313. The second-order valence-corrected chi connectivity index (χ2v) is 5.83. The van der Waals surface area contributed by atoms with Gasteiger partial charge < -0.3 is 10.5 Å². The maximum absolute atomic E-state index is 11.6. The number of hydrogen-bond acceptors (Lipinski definition) is 3. The van der Waals surface area contributed by atoms with Crippen LogP contribution in [0.2, 0.25) is 0 Å². The molecule has 1 aromatic carbocycles. The molecule has 0 aliphatic carbocycles. The van der Waals surface area contributed by atoms with Crippen molar-refractivity contribution in [1.29, 1.82) is 0 Å². The number of para-hydroxylation sites is 1. The van der Waals surface area contributed by atoms with Crippen molar-refractivity contribution in [2.45, 2.75) is 45.7 Å². The van der Waals surface area contributed by atoms with Crippen LogP contribution in [-0.2, 0) is 4.79 Å². The van der Waals surface area contributed by atoms with E-state index in [2.05, 4.69) is 24.4 Å². The third-order valence-electron chi connectivity index (χ3n) is 3.86. The van der Waals surface area contributed by atoms with Crippen molar-refractivity contribution < 1.29 is 9.53 Å². The van der Waals surface area contributed by atoms with Gasteiger partial charge in [-0.15, -0.1) is 0 Å². The number of rotatable bonds is 4. The highest BCUT2D eigenvalue weighted by Crippen LogP contribution is 2.34. The van der Waals surface area contributed by atoms with Crippen LogP contribution in [0.3, 0.4) is 0 Å². The average Bonchev–Trinajstić information content (AvgIpc) is 2.58. The van der Waals surface area contributed by atoms with Gasteiger partial charge in [0, 0.05) is 11.6 Å². The predicted octanol–water partition coefficient (Wildman–Crippen LogP) is 2.31. The van der Waals surface area contributed by atoms with E-state index in [1.54, 1.807) is 0 Å². The van der Waals surface area contributed by atoms with Gasteiger partial charge in [0.15, 0.2) is 0 Å². The number of carbonyl (C=O) groups excluding carboxylic acids is 1. The van der Waals surface area contributed by atoms with Crippen LogP contribution in [0.15, 0.2) is 18.2 Å². The first kappa shape index (κ1) is 14.9. The lowest BCUT2D eigenvalue weighted by Crippen LogP contribution is -2.46. The molecule has 0 radical (unpaired) electrons. The maximum Gasteiger partial charge on any atom is 0.234 e. The molecule has 4 nitrogen and oxygen atoms in total. The SMILES string of the molecule is Cc1cccc2c1OCCCC2NC(C(N)=O)C(C)C. The van der Waals surface area contributed by atoms with Crippen LogP contribution < -0.4 is 15.8 Å². The van der Waals surface area contributed by atoms with Crippen LogP contribution in [-0.4, -0.2) is 18.6 Å². The van der Waals surface area contributed by atoms with Gasteiger partial charge >= 0.3 is 0 Å². The highest BCUT2D eigenvalue weighted by molar-refractivity contribution is 5.80. The molecule has 4 heteroatoms. The van der Waals surface area contributed by atoms with E-state index in [1.165, 1.54) is 0 Å². The van der Waals surface area contributed by atoms with Crippen molar-refractivity contribution in [3.05, 3.63) is 29.3 Å². The van der Waals surface area contributed by atoms with Gasteiger partial charge in [-0.3, -0.25) is 10.1 Å². The lowest BCUT2D eigenvalue weighted by Gasteiger charge is -2.26. The number of carbonyl (C=O) groups is 1. The maximum atomic E-state index is 11.6. The first-order chi connectivity index (χ1) is 9.50. The van der Waals surface area contributed by atoms with Gasteiger partial charge in [-0.05, 0) is 31.2 Å². The molecule has 0 bridgehead atoms. The number of hydrogen-bond donors (Lipinski definition) is 2. The molecule has 20 heavy (non-hydrogen) atoms. The van der Waals surface area contributed by atoms with Gasteiger partial charge in [-0.1, -0.05) is 32.0 Å². The van der Waals surface area contributed by atoms with Crippen LogP contribution in [0.1, 0.15) is 43.9 Å². The van der Waals surface area contributed by atoms with Crippen molar-refractivity contribution in [3.8, 4) is 5.75 Å². The fourth-order valence-electron chi connectivity index (χ4n) is 2.76. The van der Waals surface area contributed by atoms with Gasteiger partial charge in [0.2, 0.25) is 5.91 Å². The summed E-state index contributed by atoms with van der Waals surface area (Å²) >= 11 is 0. The van der Waals surface area contributed by atoms with Crippen LogP contribution in [0.25, 0.3) is 0 Å². The number of nitrogens with two attached hydrogens (primary N) is 1. The fourth-order valence-corrected chi connectivity index (χ4v) is 2.76. The Morgan fingerprint density at radius 3 is 2.85 bits per heavy atom. The van der Waals surface area contributed by atoms with Crippen molar-refractivity contribution >= 4 is 5.91 Å². The quantitative estimate of drug-likeness (QED) is 0.887. The minimum absolute atomic E-state index is 0.118. The van der Waals surface area contributed by atoms with E-state index in [0.29, 0.717) is 0 Å². The normalized spacial score (nSPS) is 19.9. The summed E-state index contributed by atoms with van der Waals surface area (Å²) in [5.74, 6) is 0.832. The Morgan fingerprint density at radius 1 is 1.45 bits per heavy atom. The number of nitrogens with one attached hydrogen (secondary N) is 1. The number of fused-ring (bicyclic) bond motifs is 1. The average molecular weight is 276 g/mol. The topological polar surface area (TPSA) is 64.3 Å². The van der Waals surface area contributed by atoms with E-state index < -0.39 is 0 Å². The molecule has 1 aliphatic heterocycles. The van der Waals surface area contributed by atoms with Crippen LogP contribution in [0.5, 0.6) is 5.75 Å². The molecule has 1 aliphatic rings. The molecule has 0 fully saturated rings. The Labute approximate surface area is 120 Å². The van der Waals surface area contributed by atoms with E-state index in [9.17, 15) is 4.79 Å². The van der Waals surface area contributed by atoms with E-state index in [4.69, 9.17) is 10.5 Å². The highest BCUT2D eigenvalue weighted by atomic mass is 16.5. The van der Waals surface area contributed by atoms with E-state index in [-0.39, 0.29) is 23.9 Å². The Morgan fingerprint density at radius 2 is 2.20 bits per heavy atom. The highest BCUT2D eigenvalue weighted by Gasteiger charge is 2.27. The standard InChI is InChI=1S/C16H24N2O2/c1-10(2)14(16(17)19)18-13-8-5-9-20-15-11(3)6-4-7-12(13)15/h4,6-7,10,13-14,18H,5,8-9H2,1-3H3,(H2,17,19). The van der Waals surface area contributed by atoms with E-state index >= 15 is 0 Å². The van der Waals surface area contributed by atoms with Gasteiger partial charge in [-0.25, -0.2) is 0 Å². The number of benzene rings is 1. The molecule has 2 unspecified atom stereocenters. The molecular formula is C16H24N2O2. The van der Waals surface area contributed by atoms with Gasteiger partial charge in [-0.2, -0.15) is 0 Å². The molecule has 0 spiro atoms.